The zero-order chi connectivity index (χ0) is 10.7. The molecular weight excluding hydrogens is 208 g/mol. The second kappa shape index (κ2) is 4.27. The fourth-order valence-corrected chi connectivity index (χ4v) is 1.86. The van der Waals surface area contributed by atoms with E-state index in [-0.39, 0.29) is 0 Å². The number of nitrogens with one attached hydrogen (secondary N) is 1. The number of pyridine rings is 1. The first-order valence-corrected chi connectivity index (χ1v) is 5.48. The van der Waals surface area contributed by atoms with Gasteiger partial charge in [0.05, 0.1) is 34.8 Å². The molecule has 0 saturated heterocycles. The highest BCUT2D eigenvalue weighted by Gasteiger charge is 2.00. The third kappa shape index (κ3) is 2.44. The van der Waals surface area contributed by atoms with Gasteiger partial charge in [0.25, 0.3) is 0 Å². The lowest BCUT2D eigenvalue weighted by molar-refractivity contribution is 1.05. The standard InChI is InChI=1S/C10H12N4S/c1-7-14-8(6-15-7)4-13-10-2-3-12-5-9(10)11/h2-3,5-6H,4,11H2,1H3,(H,12,13). The van der Waals surface area contributed by atoms with Crippen LogP contribution < -0.4 is 11.1 Å². The molecule has 0 saturated carbocycles. The van der Waals surface area contributed by atoms with Crippen LogP contribution in [-0.4, -0.2) is 9.97 Å². The van der Waals surface area contributed by atoms with Gasteiger partial charge in [0.1, 0.15) is 0 Å². The number of thiazole rings is 1. The Bertz CT molecular complexity index is 452. The Hall–Kier alpha value is -1.62. The van der Waals surface area contributed by atoms with Crippen molar-refractivity contribution in [2.24, 2.45) is 0 Å². The Morgan fingerprint density at radius 1 is 1.53 bits per heavy atom. The number of hydrogen-bond donors (Lipinski definition) is 2. The second-order valence-electron chi connectivity index (χ2n) is 3.17. The van der Waals surface area contributed by atoms with Crippen LogP contribution in [0.15, 0.2) is 23.8 Å². The Labute approximate surface area is 92.2 Å². The zero-order valence-electron chi connectivity index (χ0n) is 8.40. The van der Waals surface area contributed by atoms with E-state index in [1.807, 2.05) is 18.4 Å². The van der Waals surface area contributed by atoms with Gasteiger partial charge in [-0.15, -0.1) is 11.3 Å². The number of rotatable bonds is 3. The summed E-state index contributed by atoms with van der Waals surface area (Å²) in [5.74, 6) is 0. The van der Waals surface area contributed by atoms with Crippen LogP contribution in [0.1, 0.15) is 10.7 Å². The number of hydrogen-bond acceptors (Lipinski definition) is 5. The number of anilines is 2. The van der Waals surface area contributed by atoms with E-state index in [2.05, 4.69) is 15.3 Å². The van der Waals surface area contributed by atoms with Gasteiger partial charge in [0.15, 0.2) is 0 Å². The topological polar surface area (TPSA) is 63.8 Å². The van der Waals surface area contributed by atoms with E-state index in [0.29, 0.717) is 12.2 Å². The van der Waals surface area contributed by atoms with E-state index >= 15 is 0 Å². The van der Waals surface area contributed by atoms with Crippen molar-refractivity contribution in [1.82, 2.24) is 9.97 Å². The molecule has 2 aromatic rings. The highest BCUT2D eigenvalue weighted by Crippen LogP contribution is 2.16. The summed E-state index contributed by atoms with van der Waals surface area (Å²) in [6.07, 6.45) is 3.35. The molecule has 0 aliphatic rings. The monoisotopic (exact) mass is 220 g/mol. The predicted octanol–water partition coefficient (Wildman–Crippen LogP) is 2.04. The van der Waals surface area contributed by atoms with Gasteiger partial charge in [0, 0.05) is 11.6 Å². The van der Waals surface area contributed by atoms with Gasteiger partial charge in [-0.25, -0.2) is 4.98 Å². The van der Waals surface area contributed by atoms with Crippen LogP contribution in [0, 0.1) is 6.92 Å². The van der Waals surface area contributed by atoms with Crippen molar-refractivity contribution < 1.29 is 0 Å². The van der Waals surface area contributed by atoms with Crippen LogP contribution in [-0.2, 0) is 6.54 Å². The summed E-state index contributed by atoms with van der Waals surface area (Å²) in [6, 6.07) is 1.86. The van der Waals surface area contributed by atoms with Gasteiger partial charge >= 0.3 is 0 Å². The van der Waals surface area contributed by atoms with Crippen LogP contribution in [0.3, 0.4) is 0 Å². The van der Waals surface area contributed by atoms with Crippen LogP contribution in [0.25, 0.3) is 0 Å². The SMILES string of the molecule is Cc1nc(CNc2ccncc2N)cs1. The minimum atomic E-state index is 0.657. The van der Waals surface area contributed by atoms with Crippen molar-refractivity contribution in [3.8, 4) is 0 Å². The van der Waals surface area contributed by atoms with Gasteiger partial charge in [-0.3, -0.25) is 4.98 Å². The maximum Gasteiger partial charge on any atom is 0.0898 e. The molecule has 15 heavy (non-hydrogen) atoms. The summed E-state index contributed by atoms with van der Waals surface area (Å²) in [4.78, 5) is 8.28. The van der Waals surface area contributed by atoms with Crippen molar-refractivity contribution in [1.29, 1.82) is 0 Å². The molecule has 0 aromatic carbocycles. The molecule has 2 rings (SSSR count). The van der Waals surface area contributed by atoms with Gasteiger partial charge in [-0.05, 0) is 13.0 Å². The first-order chi connectivity index (χ1) is 7.25. The van der Waals surface area contributed by atoms with Gasteiger partial charge in [-0.1, -0.05) is 0 Å². The Balaban J connectivity index is 2.02. The van der Waals surface area contributed by atoms with E-state index in [0.717, 1.165) is 16.4 Å². The lowest BCUT2D eigenvalue weighted by atomic mass is 10.3. The molecule has 78 valence electrons. The molecule has 3 N–H and O–H groups in total. The first-order valence-electron chi connectivity index (χ1n) is 4.60. The van der Waals surface area contributed by atoms with Crippen LogP contribution in [0.5, 0.6) is 0 Å². The average Bonchev–Trinajstić information content (AvgIpc) is 2.63. The number of aromatic nitrogens is 2. The molecule has 0 unspecified atom stereocenters. The smallest absolute Gasteiger partial charge is 0.0898 e. The summed E-state index contributed by atoms with van der Waals surface area (Å²) >= 11 is 1.65. The third-order valence-electron chi connectivity index (χ3n) is 1.98. The summed E-state index contributed by atoms with van der Waals surface area (Å²) in [7, 11) is 0. The second-order valence-corrected chi connectivity index (χ2v) is 4.24. The maximum atomic E-state index is 5.75. The third-order valence-corrected chi connectivity index (χ3v) is 2.80. The van der Waals surface area contributed by atoms with E-state index in [9.17, 15) is 0 Å². The molecular formula is C10H12N4S. The molecule has 0 aliphatic carbocycles. The lowest BCUT2D eigenvalue weighted by Gasteiger charge is -2.06. The highest BCUT2D eigenvalue weighted by molar-refractivity contribution is 7.09. The molecule has 4 nitrogen and oxygen atoms in total. The number of nitrogen functional groups attached to an aromatic ring is 1. The fourth-order valence-electron chi connectivity index (χ4n) is 1.24. The van der Waals surface area contributed by atoms with Crippen molar-refractivity contribution in [2.45, 2.75) is 13.5 Å². The number of aryl methyl sites for hydroxylation is 1. The quantitative estimate of drug-likeness (QED) is 0.830. The Morgan fingerprint density at radius 3 is 3.07 bits per heavy atom. The van der Waals surface area contributed by atoms with Crippen LogP contribution in [0.4, 0.5) is 11.4 Å². The minimum Gasteiger partial charge on any atom is -0.396 e. The van der Waals surface area contributed by atoms with Crippen LogP contribution >= 0.6 is 11.3 Å². The molecule has 0 spiro atoms. The predicted molar refractivity (Wildman–Crippen MR) is 62.8 cm³/mol. The maximum absolute atomic E-state index is 5.75. The Kier molecular flexibility index (Phi) is 2.82. The van der Waals surface area contributed by atoms with E-state index < -0.39 is 0 Å². The summed E-state index contributed by atoms with van der Waals surface area (Å²) in [5.41, 5.74) is 8.34. The van der Waals surface area contributed by atoms with Crippen molar-refractivity contribution in [3.05, 3.63) is 34.5 Å². The lowest BCUT2D eigenvalue weighted by Crippen LogP contribution is -2.02. The summed E-state index contributed by atoms with van der Waals surface area (Å²) in [6.45, 7) is 2.69. The number of nitrogens with zero attached hydrogens (tertiary/aromatic N) is 2. The van der Waals surface area contributed by atoms with E-state index in [1.54, 1.807) is 23.7 Å². The molecule has 0 fully saturated rings. The fraction of sp³-hybridized carbons (Fsp3) is 0.200. The normalized spacial score (nSPS) is 10.2. The average molecular weight is 220 g/mol. The number of nitrogens with two attached hydrogens (primary N) is 1. The molecule has 0 aliphatic heterocycles. The van der Waals surface area contributed by atoms with Crippen molar-refractivity contribution >= 4 is 22.7 Å². The largest absolute Gasteiger partial charge is 0.396 e. The van der Waals surface area contributed by atoms with Gasteiger partial charge in [0.2, 0.25) is 0 Å². The summed E-state index contributed by atoms with van der Waals surface area (Å²) in [5, 5.41) is 6.34. The molecule has 0 radical (unpaired) electrons. The molecule has 0 bridgehead atoms. The first kappa shape index (κ1) is 9.92. The minimum absolute atomic E-state index is 0.657. The summed E-state index contributed by atoms with van der Waals surface area (Å²) < 4.78 is 0. The molecule has 2 aromatic heterocycles. The Morgan fingerprint density at radius 2 is 2.40 bits per heavy atom. The van der Waals surface area contributed by atoms with Gasteiger partial charge in [-0.2, -0.15) is 0 Å². The molecule has 0 atom stereocenters. The van der Waals surface area contributed by atoms with Gasteiger partial charge < -0.3 is 11.1 Å². The van der Waals surface area contributed by atoms with Crippen molar-refractivity contribution in [2.75, 3.05) is 11.1 Å². The molecule has 5 heteroatoms. The van der Waals surface area contributed by atoms with Crippen LogP contribution in [0.2, 0.25) is 0 Å². The molecule has 0 amide bonds. The van der Waals surface area contributed by atoms with E-state index in [1.165, 1.54) is 0 Å². The molecule has 2 heterocycles. The van der Waals surface area contributed by atoms with Crippen molar-refractivity contribution in [3.63, 3.8) is 0 Å². The highest BCUT2D eigenvalue weighted by atomic mass is 32.1. The van der Waals surface area contributed by atoms with E-state index in [4.69, 9.17) is 5.73 Å². The zero-order valence-corrected chi connectivity index (χ0v) is 9.21.